The monoisotopic (exact) mass is 355 g/mol. The number of nitriles is 2. The second-order valence-corrected chi connectivity index (χ2v) is 6.18. The molecule has 0 aromatic heterocycles. The van der Waals surface area contributed by atoms with Gasteiger partial charge in [-0.2, -0.15) is 10.5 Å². The van der Waals surface area contributed by atoms with E-state index in [0.29, 0.717) is 13.1 Å². The highest BCUT2D eigenvalue weighted by molar-refractivity contribution is 5.94. The van der Waals surface area contributed by atoms with Crippen molar-refractivity contribution in [1.29, 1.82) is 10.5 Å². The van der Waals surface area contributed by atoms with Crippen LogP contribution in [0.3, 0.4) is 0 Å². The Morgan fingerprint density at radius 3 is 2.08 bits per heavy atom. The van der Waals surface area contributed by atoms with Gasteiger partial charge in [-0.1, -0.05) is 18.2 Å². The van der Waals surface area contributed by atoms with Crippen molar-refractivity contribution in [2.75, 3.05) is 38.5 Å². The average Bonchev–Trinajstić information content (AvgIpc) is 2.58. The van der Waals surface area contributed by atoms with Gasteiger partial charge >= 0.3 is 0 Å². The Kier molecular flexibility index (Phi) is 8.83. The molecule has 0 unspecified atom stereocenters. The molecule has 0 aliphatic rings. The maximum atomic E-state index is 12.3. The molecule has 7 heteroatoms. The molecule has 0 spiro atoms. The van der Waals surface area contributed by atoms with Crippen LogP contribution >= 0.6 is 0 Å². The van der Waals surface area contributed by atoms with E-state index in [4.69, 9.17) is 10.5 Å². The molecule has 0 saturated carbocycles. The van der Waals surface area contributed by atoms with E-state index in [2.05, 4.69) is 5.32 Å². The van der Waals surface area contributed by atoms with Gasteiger partial charge in [0.05, 0.1) is 38.1 Å². The van der Waals surface area contributed by atoms with Gasteiger partial charge < -0.3 is 10.2 Å². The number of likely N-dealkylation sites (N-methyl/N-ethyl adjacent to an activating group) is 1. The summed E-state index contributed by atoms with van der Waals surface area (Å²) in [6, 6.07) is 9.79. The summed E-state index contributed by atoms with van der Waals surface area (Å²) in [6.45, 7) is 4.57. The highest BCUT2D eigenvalue weighted by Gasteiger charge is 2.17. The zero-order chi connectivity index (χ0) is 19.5. The molecular weight excluding hydrogens is 330 g/mol. The number of amides is 2. The van der Waals surface area contributed by atoms with Crippen molar-refractivity contribution in [3.8, 4) is 12.1 Å². The lowest BCUT2D eigenvalue weighted by atomic mass is 10.1. The third-order valence-electron chi connectivity index (χ3n) is 3.90. The number of carbonyl (C=O) groups excluding carboxylic acids is 2. The van der Waals surface area contributed by atoms with Gasteiger partial charge in [0.25, 0.3) is 0 Å². The highest BCUT2D eigenvalue weighted by Crippen LogP contribution is 2.19. The normalized spacial score (nSPS) is 10.1. The van der Waals surface area contributed by atoms with Crippen molar-refractivity contribution in [2.24, 2.45) is 0 Å². The first-order valence-electron chi connectivity index (χ1n) is 8.45. The summed E-state index contributed by atoms with van der Waals surface area (Å²) in [7, 11) is 1.69. The summed E-state index contributed by atoms with van der Waals surface area (Å²) in [6.07, 6.45) is 0.432. The molecule has 26 heavy (non-hydrogen) atoms. The molecule has 0 heterocycles. The third kappa shape index (κ3) is 6.92. The maximum Gasteiger partial charge on any atom is 0.238 e. The van der Waals surface area contributed by atoms with Gasteiger partial charge in [0.1, 0.15) is 0 Å². The SMILES string of the molecule is Cc1cccc(C)c1NC(=O)CN(C)CC(=O)N(CCC#N)CCC#N. The topological polar surface area (TPSA) is 100 Å². The number of aryl methyl sites for hydroxylation is 2. The smallest absolute Gasteiger partial charge is 0.238 e. The summed E-state index contributed by atoms with van der Waals surface area (Å²) >= 11 is 0. The fourth-order valence-electron chi connectivity index (χ4n) is 2.55. The molecule has 0 saturated heterocycles. The standard InChI is InChI=1S/C19H25N5O2/c1-15-7-4-8-16(2)19(15)22-17(25)13-23(3)14-18(26)24(11-5-9-20)12-6-10-21/h4,7-8H,5-6,11-14H2,1-3H3,(H,22,25). The molecular formula is C19H25N5O2. The van der Waals surface area contributed by atoms with Gasteiger partial charge in [-0.15, -0.1) is 0 Å². The minimum atomic E-state index is -0.196. The molecule has 0 atom stereocenters. The predicted octanol–water partition coefficient (Wildman–Crippen LogP) is 1.83. The Hall–Kier alpha value is -2.90. The molecule has 1 aromatic carbocycles. The van der Waals surface area contributed by atoms with Crippen molar-refractivity contribution in [1.82, 2.24) is 9.80 Å². The predicted molar refractivity (Wildman–Crippen MR) is 99.1 cm³/mol. The molecule has 0 aliphatic carbocycles. The quantitative estimate of drug-likeness (QED) is 0.728. The van der Waals surface area contributed by atoms with E-state index in [-0.39, 0.29) is 37.7 Å². The van der Waals surface area contributed by atoms with E-state index in [1.807, 2.05) is 44.2 Å². The number of nitrogens with zero attached hydrogens (tertiary/aromatic N) is 4. The number of hydrogen-bond donors (Lipinski definition) is 1. The van der Waals surface area contributed by atoms with E-state index < -0.39 is 0 Å². The summed E-state index contributed by atoms with van der Waals surface area (Å²) in [5, 5.41) is 20.3. The van der Waals surface area contributed by atoms with Crippen LogP contribution in [-0.4, -0.2) is 54.8 Å². The van der Waals surface area contributed by atoms with Crippen LogP contribution in [0.1, 0.15) is 24.0 Å². The van der Waals surface area contributed by atoms with Crippen molar-refractivity contribution < 1.29 is 9.59 Å². The van der Waals surface area contributed by atoms with Crippen molar-refractivity contribution >= 4 is 17.5 Å². The Balaban J connectivity index is 2.59. The summed E-state index contributed by atoms with van der Waals surface area (Å²) < 4.78 is 0. The second kappa shape index (κ2) is 10.9. The van der Waals surface area contributed by atoms with Gasteiger partial charge in [0.2, 0.25) is 11.8 Å². The first kappa shape index (κ1) is 21.1. The van der Waals surface area contributed by atoms with E-state index in [0.717, 1.165) is 16.8 Å². The maximum absolute atomic E-state index is 12.3. The Morgan fingerprint density at radius 2 is 1.58 bits per heavy atom. The van der Waals surface area contributed by atoms with Crippen LogP contribution in [0, 0.1) is 36.5 Å². The third-order valence-corrected chi connectivity index (χ3v) is 3.90. The number of para-hydroxylation sites is 1. The van der Waals surface area contributed by atoms with Gasteiger partial charge in [-0.3, -0.25) is 14.5 Å². The molecule has 2 amide bonds. The van der Waals surface area contributed by atoms with Crippen LogP contribution in [0.25, 0.3) is 0 Å². The Bertz CT molecular complexity index is 679. The lowest BCUT2D eigenvalue weighted by Crippen LogP contribution is -2.42. The highest BCUT2D eigenvalue weighted by atomic mass is 16.2. The Morgan fingerprint density at radius 1 is 1.04 bits per heavy atom. The van der Waals surface area contributed by atoms with E-state index >= 15 is 0 Å². The number of carbonyl (C=O) groups is 2. The van der Waals surface area contributed by atoms with Crippen LogP contribution in [-0.2, 0) is 9.59 Å². The van der Waals surface area contributed by atoms with Crippen LogP contribution in [0.2, 0.25) is 0 Å². The molecule has 7 nitrogen and oxygen atoms in total. The first-order chi connectivity index (χ1) is 12.4. The van der Waals surface area contributed by atoms with Gasteiger partial charge in [-0.25, -0.2) is 0 Å². The second-order valence-electron chi connectivity index (χ2n) is 6.18. The molecule has 1 aromatic rings. The summed E-state index contributed by atoms with van der Waals surface area (Å²) in [4.78, 5) is 27.7. The largest absolute Gasteiger partial charge is 0.340 e. The van der Waals surface area contributed by atoms with Crippen molar-refractivity contribution in [3.05, 3.63) is 29.3 Å². The minimum absolute atomic E-state index is 0.0526. The van der Waals surface area contributed by atoms with E-state index in [1.165, 1.54) is 4.90 Å². The molecule has 0 bridgehead atoms. The number of hydrogen-bond acceptors (Lipinski definition) is 5. The van der Waals surface area contributed by atoms with E-state index in [9.17, 15) is 9.59 Å². The summed E-state index contributed by atoms with van der Waals surface area (Å²) in [5.74, 6) is -0.392. The molecule has 1 N–H and O–H groups in total. The summed E-state index contributed by atoms with van der Waals surface area (Å²) in [5.41, 5.74) is 2.76. The zero-order valence-corrected chi connectivity index (χ0v) is 15.6. The molecule has 0 radical (unpaired) electrons. The van der Waals surface area contributed by atoms with Crippen LogP contribution in [0.5, 0.6) is 0 Å². The lowest BCUT2D eigenvalue weighted by Gasteiger charge is -2.24. The van der Waals surface area contributed by atoms with Crippen molar-refractivity contribution in [2.45, 2.75) is 26.7 Å². The molecule has 0 aliphatic heterocycles. The zero-order valence-electron chi connectivity index (χ0n) is 15.6. The van der Waals surface area contributed by atoms with Crippen LogP contribution < -0.4 is 5.32 Å². The molecule has 138 valence electrons. The lowest BCUT2D eigenvalue weighted by molar-refractivity contribution is -0.132. The number of anilines is 1. The van der Waals surface area contributed by atoms with Crippen LogP contribution in [0.4, 0.5) is 5.69 Å². The number of nitrogens with one attached hydrogen (secondary N) is 1. The Labute approximate surface area is 154 Å². The van der Waals surface area contributed by atoms with Crippen LogP contribution in [0.15, 0.2) is 18.2 Å². The van der Waals surface area contributed by atoms with Gasteiger partial charge in [0, 0.05) is 18.8 Å². The fourth-order valence-corrected chi connectivity index (χ4v) is 2.55. The average molecular weight is 355 g/mol. The molecule has 0 fully saturated rings. The van der Waals surface area contributed by atoms with Crippen molar-refractivity contribution in [3.63, 3.8) is 0 Å². The van der Waals surface area contributed by atoms with Gasteiger partial charge in [-0.05, 0) is 32.0 Å². The fraction of sp³-hybridized carbons (Fsp3) is 0.474. The minimum Gasteiger partial charge on any atom is -0.340 e. The van der Waals surface area contributed by atoms with E-state index in [1.54, 1.807) is 11.9 Å². The first-order valence-corrected chi connectivity index (χ1v) is 8.45. The molecule has 1 rings (SSSR count). The van der Waals surface area contributed by atoms with Gasteiger partial charge in [0.15, 0.2) is 0 Å². The number of benzene rings is 1. The number of rotatable bonds is 9.